The van der Waals surface area contributed by atoms with Gasteiger partial charge in [0.2, 0.25) is 0 Å². The van der Waals surface area contributed by atoms with Gasteiger partial charge < -0.3 is 20.5 Å². The summed E-state index contributed by atoms with van der Waals surface area (Å²) in [4.78, 5) is 23.7. The summed E-state index contributed by atoms with van der Waals surface area (Å²) >= 11 is 0. The zero-order chi connectivity index (χ0) is 16.8. The second-order valence-corrected chi connectivity index (χ2v) is 5.95. The number of esters is 1. The number of carbonyl (C=O) groups is 2. The number of alkyl carbamates (subject to hydrolysis) is 1. The van der Waals surface area contributed by atoms with Crippen LogP contribution in [0.1, 0.15) is 31.9 Å². The topological polar surface area (TPSA) is 90.6 Å². The van der Waals surface area contributed by atoms with E-state index in [-0.39, 0.29) is 0 Å². The van der Waals surface area contributed by atoms with E-state index in [1.165, 1.54) is 7.11 Å². The maximum atomic E-state index is 11.8. The lowest BCUT2D eigenvalue weighted by Crippen LogP contribution is -2.45. The first kappa shape index (κ1) is 18.0. The first-order valence-corrected chi connectivity index (χ1v) is 7.10. The zero-order valence-electron chi connectivity index (χ0n) is 13.5. The highest BCUT2D eigenvalue weighted by Crippen LogP contribution is 2.10. The van der Waals surface area contributed by atoms with E-state index in [1.807, 2.05) is 24.3 Å². The van der Waals surface area contributed by atoms with Crippen molar-refractivity contribution in [1.82, 2.24) is 5.32 Å². The number of hydrogen-bond donors (Lipinski definition) is 2. The van der Waals surface area contributed by atoms with Crippen LogP contribution in [-0.4, -0.2) is 30.8 Å². The number of methoxy groups -OCH3 is 1. The molecule has 0 bridgehead atoms. The molecule has 0 heterocycles. The van der Waals surface area contributed by atoms with Crippen LogP contribution in [0.15, 0.2) is 24.3 Å². The van der Waals surface area contributed by atoms with Gasteiger partial charge in [-0.05, 0) is 31.9 Å². The Labute approximate surface area is 131 Å². The van der Waals surface area contributed by atoms with Crippen molar-refractivity contribution in [3.63, 3.8) is 0 Å². The van der Waals surface area contributed by atoms with E-state index in [9.17, 15) is 9.59 Å². The highest BCUT2D eigenvalue weighted by molar-refractivity contribution is 5.81. The van der Waals surface area contributed by atoms with E-state index in [0.29, 0.717) is 13.0 Å². The number of nitrogens with one attached hydrogen (secondary N) is 1. The fraction of sp³-hybridized carbons (Fsp3) is 0.500. The molecular formula is C16H24N2O4. The lowest BCUT2D eigenvalue weighted by molar-refractivity contribution is -0.143. The SMILES string of the molecule is COC(=O)[C@H](Cc1ccc(CN)cc1)NC(=O)OC(C)(C)C. The molecule has 1 amide bonds. The third-order valence-electron chi connectivity index (χ3n) is 2.88. The van der Waals surface area contributed by atoms with E-state index in [0.717, 1.165) is 11.1 Å². The Balaban J connectivity index is 2.75. The van der Waals surface area contributed by atoms with E-state index < -0.39 is 23.7 Å². The smallest absolute Gasteiger partial charge is 0.408 e. The Bertz CT molecular complexity index is 506. The maximum absolute atomic E-state index is 11.8. The van der Waals surface area contributed by atoms with Gasteiger partial charge in [-0.1, -0.05) is 24.3 Å². The molecule has 0 saturated carbocycles. The zero-order valence-corrected chi connectivity index (χ0v) is 13.5. The van der Waals surface area contributed by atoms with Crippen molar-refractivity contribution < 1.29 is 19.1 Å². The first-order chi connectivity index (χ1) is 10.2. The summed E-state index contributed by atoms with van der Waals surface area (Å²) in [6.07, 6.45) is -0.335. The van der Waals surface area contributed by atoms with Gasteiger partial charge in [0.1, 0.15) is 11.6 Å². The molecular weight excluding hydrogens is 284 g/mol. The molecule has 122 valence electrons. The van der Waals surface area contributed by atoms with E-state index >= 15 is 0 Å². The molecule has 1 rings (SSSR count). The third-order valence-corrected chi connectivity index (χ3v) is 2.88. The molecule has 0 unspecified atom stereocenters. The Morgan fingerprint density at radius 2 is 1.73 bits per heavy atom. The van der Waals surface area contributed by atoms with Crippen LogP contribution < -0.4 is 11.1 Å². The van der Waals surface area contributed by atoms with Gasteiger partial charge in [-0.3, -0.25) is 0 Å². The number of benzene rings is 1. The van der Waals surface area contributed by atoms with Crippen molar-refractivity contribution >= 4 is 12.1 Å². The maximum Gasteiger partial charge on any atom is 0.408 e. The van der Waals surface area contributed by atoms with Gasteiger partial charge in [0.15, 0.2) is 0 Å². The molecule has 1 atom stereocenters. The summed E-state index contributed by atoms with van der Waals surface area (Å²) in [5, 5.41) is 2.54. The number of carbonyl (C=O) groups excluding carboxylic acids is 2. The quantitative estimate of drug-likeness (QED) is 0.809. The summed E-state index contributed by atoms with van der Waals surface area (Å²) < 4.78 is 9.89. The number of hydrogen-bond acceptors (Lipinski definition) is 5. The van der Waals surface area contributed by atoms with E-state index in [2.05, 4.69) is 5.32 Å². The molecule has 0 fully saturated rings. The minimum atomic E-state index is -0.802. The number of amides is 1. The van der Waals surface area contributed by atoms with Crippen molar-refractivity contribution in [3.05, 3.63) is 35.4 Å². The summed E-state index contributed by atoms with van der Waals surface area (Å²) in [7, 11) is 1.28. The lowest BCUT2D eigenvalue weighted by Gasteiger charge is -2.22. The summed E-state index contributed by atoms with van der Waals surface area (Å²) in [6.45, 7) is 5.72. The van der Waals surface area contributed by atoms with E-state index in [1.54, 1.807) is 20.8 Å². The van der Waals surface area contributed by atoms with Crippen molar-refractivity contribution in [2.24, 2.45) is 5.73 Å². The van der Waals surface area contributed by atoms with Crippen molar-refractivity contribution in [2.75, 3.05) is 7.11 Å². The molecule has 6 heteroatoms. The average molecular weight is 308 g/mol. The Kier molecular flexibility index (Phi) is 6.37. The van der Waals surface area contributed by atoms with Gasteiger partial charge >= 0.3 is 12.1 Å². The van der Waals surface area contributed by atoms with Gasteiger partial charge in [-0.25, -0.2) is 9.59 Å². The molecule has 0 spiro atoms. The molecule has 0 aliphatic rings. The molecule has 1 aromatic rings. The minimum Gasteiger partial charge on any atom is -0.467 e. The molecule has 0 radical (unpaired) electrons. The Morgan fingerprint density at radius 1 is 1.18 bits per heavy atom. The lowest BCUT2D eigenvalue weighted by atomic mass is 10.0. The molecule has 0 aliphatic heterocycles. The van der Waals surface area contributed by atoms with Crippen LogP contribution in [0.3, 0.4) is 0 Å². The average Bonchev–Trinajstić information content (AvgIpc) is 2.44. The van der Waals surface area contributed by atoms with Gasteiger partial charge in [0.05, 0.1) is 7.11 Å². The normalized spacial score (nSPS) is 12.4. The standard InChI is InChI=1S/C16H24N2O4/c1-16(2,3)22-15(20)18-13(14(19)21-4)9-11-5-7-12(10-17)8-6-11/h5-8,13H,9-10,17H2,1-4H3,(H,18,20)/t13-/m0/s1. The van der Waals surface area contributed by atoms with Crippen LogP contribution in [0.5, 0.6) is 0 Å². The Hall–Kier alpha value is -2.08. The van der Waals surface area contributed by atoms with Gasteiger partial charge in [0.25, 0.3) is 0 Å². The van der Waals surface area contributed by atoms with Crippen LogP contribution in [0.4, 0.5) is 4.79 Å². The van der Waals surface area contributed by atoms with Crippen molar-refractivity contribution in [1.29, 1.82) is 0 Å². The predicted octanol–water partition coefficient (Wildman–Crippen LogP) is 1.75. The number of nitrogens with two attached hydrogens (primary N) is 1. The Morgan fingerprint density at radius 3 is 2.18 bits per heavy atom. The monoisotopic (exact) mass is 308 g/mol. The van der Waals surface area contributed by atoms with Crippen LogP contribution >= 0.6 is 0 Å². The second-order valence-electron chi connectivity index (χ2n) is 5.95. The van der Waals surface area contributed by atoms with Crippen LogP contribution in [-0.2, 0) is 27.2 Å². The molecule has 22 heavy (non-hydrogen) atoms. The first-order valence-electron chi connectivity index (χ1n) is 7.10. The summed E-state index contributed by atoms with van der Waals surface area (Å²) in [5.41, 5.74) is 6.81. The highest BCUT2D eigenvalue weighted by Gasteiger charge is 2.25. The van der Waals surface area contributed by atoms with Crippen LogP contribution in [0, 0.1) is 0 Å². The summed E-state index contributed by atoms with van der Waals surface area (Å²) in [6, 6.07) is 6.71. The summed E-state index contributed by atoms with van der Waals surface area (Å²) in [5.74, 6) is -0.520. The number of rotatable bonds is 5. The van der Waals surface area contributed by atoms with Gasteiger partial charge in [-0.2, -0.15) is 0 Å². The van der Waals surface area contributed by atoms with Crippen molar-refractivity contribution in [2.45, 2.75) is 45.4 Å². The molecule has 0 aromatic heterocycles. The van der Waals surface area contributed by atoms with Crippen LogP contribution in [0.2, 0.25) is 0 Å². The second kappa shape index (κ2) is 7.79. The highest BCUT2D eigenvalue weighted by atomic mass is 16.6. The number of ether oxygens (including phenoxy) is 2. The van der Waals surface area contributed by atoms with E-state index in [4.69, 9.17) is 15.2 Å². The van der Waals surface area contributed by atoms with Gasteiger partial charge in [-0.15, -0.1) is 0 Å². The van der Waals surface area contributed by atoms with Gasteiger partial charge in [0, 0.05) is 13.0 Å². The van der Waals surface area contributed by atoms with Crippen LogP contribution in [0.25, 0.3) is 0 Å². The fourth-order valence-corrected chi connectivity index (χ4v) is 1.83. The predicted molar refractivity (Wildman–Crippen MR) is 83.2 cm³/mol. The minimum absolute atomic E-state index is 0.316. The molecule has 1 aromatic carbocycles. The van der Waals surface area contributed by atoms with Crippen molar-refractivity contribution in [3.8, 4) is 0 Å². The largest absolute Gasteiger partial charge is 0.467 e. The fourth-order valence-electron chi connectivity index (χ4n) is 1.83. The molecule has 3 N–H and O–H groups in total. The molecule has 6 nitrogen and oxygen atoms in total. The molecule has 0 aliphatic carbocycles. The third kappa shape index (κ3) is 6.13. The molecule has 0 saturated heterocycles.